The number of nitrogens with one attached hydrogen (secondary N) is 5. The molecule has 0 saturated heterocycles. The number of rotatable bonds is 18. The van der Waals surface area contributed by atoms with E-state index in [-0.39, 0.29) is 24.7 Å². The first kappa shape index (κ1) is 43.4. The maximum absolute atomic E-state index is 13.4. The quantitative estimate of drug-likeness (QED) is 0.0684. The minimum Gasteiger partial charge on any atom is -0.480 e. The molecule has 4 atom stereocenters. The Balaban J connectivity index is 0. The maximum atomic E-state index is 13.4. The van der Waals surface area contributed by atoms with E-state index in [2.05, 4.69) is 26.6 Å². The van der Waals surface area contributed by atoms with Crippen LogP contribution >= 0.6 is 34.8 Å². The molecule has 0 radical (unpaired) electrons. The summed E-state index contributed by atoms with van der Waals surface area (Å²) in [6.45, 7) is 11.5. The third-order valence-electron chi connectivity index (χ3n) is 6.21. The number of hydrogen-bond donors (Lipinski definition) is 6. The molecule has 0 aliphatic carbocycles. The van der Waals surface area contributed by atoms with Crippen LogP contribution in [0.3, 0.4) is 0 Å². The van der Waals surface area contributed by atoms with Crippen molar-refractivity contribution in [3.05, 3.63) is 12.2 Å². The Labute approximate surface area is 273 Å². The number of alkyl carbamates (subject to hydrolysis) is 1. The largest absolute Gasteiger partial charge is 0.480 e. The Morgan fingerprint density at radius 1 is 0.800 bits per heavy atom. The number of carboxylic acids is 1. The Hall–Kier alpha value is -3.77. The van der Waals surface area contributed by atoms with E-state index in [1.807, 2.05) is 13.8 Å². The first-order chi connectivity index (χ1) is 20.2. The zero-order valence-electron chi connectivity index (χ0n) is 26.5. The van der Waals surface area contributed by atoms with Gasteiger partial charge in [-0.25, -0.2) is 14.4 Å². The number of ether oxygens (including phenoxy) is 1. The second-order valence-corrected chi connectivity index (χ2v) is 13.8. The van der Waals surface area contributed by atoms with Crippen molar-refractivity contribution in [2.45, 2.75) is 95.7 Å². The predicted molar refractivity (Wildman–Crippen MR) is 169 cm³/mol. The molecule has 45 heavy (non-hydrogen) atoms. The van der Waals surface area contributed by atoms with Crippen LogP contribution in [0.1, 0.15) is 67.7 Å². The Morgan fingerprint density at radius 2 is 1.36 bits per heavy atom. The fraction of sp³-hybridized carbons (Fsp3) is 0.714. The van der Waals surface area contributed by atoms with Gasteiger partial charge in [-0.1, -0.05) is 82.4 Å². The SMILES string of the molecule is CC(=O)/C=C/[C@@H](NC(=O)[C@H](CCCCNC(=O)OCC(Cl)(Cl)Cl)NC(=O)[C@@H](NC(=O)N[C@H](C(=O)O)C(C)C)C(C)C)C(C)C.[Fm]. The van der Waals surface area contributed by atoms with Crippen molar-refractivity contribution < 1.29 is 38.6 Å². The van der Waals surface area contributed by atoms with Gasteiger partial charge in [-0.3, -0.25) is 14.4 Å². The number of amides is 5. The molecule has 0 saturated carbocycles. The van der Waals surface area contributed by atoms with E-state index in [1.54, 1.807) is 33.8 Å². The monoisotopic (exact) mass is 942 g/mol. The predicted octanol–water partition coefficient (Wildman–Crippen LogP) is 3.46. The summed E-state index contributed by atoms with van der Waals surface area (Å²) in [4.78, 5) is 74.0. The van der Waals surface area contributed by atoms with Crippen molar-refractivity contribution in [1.82, 2.24) is 26.6 Å². The number of carboxylic acid groups (broad SMARTS) is 1. The molecule has 0 aromatic heterocycles. The third-order valence-corrected chi connectivity index (χ3v) is 6.54. The van der Waals surface area contributed by atoms with Crippen LogP contribution in [0.4, 0.5) is 9.59 Å². The van der Waals surface area contributed by atoms with Crippen LogP contribution in [-0.4, -0.2) is 81.9 Å². The molecular formula is C28H46Cl3FmN5O8. The fourth-order valence-electron chi connectivity index (χ4n) is 3.71. The Morgan fingerprint density at radius 3 is 1.82 bits per heavy atom. The van der Waals surface area contributed by atoms with E-state index >= 15 is 0 Å². The maximum Gasteiger partial charge on any atom is 0.407 e. The summed E-state index contributed by atoms with van der Waals surface area (Å²) >= 11 is 16.7. The van der Waals surface area contributed by atoms with Crippen molar-refractivity contribution in [2.75, 3.05) is 13.2 Å². The molecule has 264 valence electrons. The normalized spacial score (nSPS) is 14.2. The van der Waals surface area contributed by atoms with Crippen LogP contribution < -0.4 is 26.6 Å². The number of aliphatic carboxylic acids is 1. The molecule has 0 rings (SSSR count). The van der Waals surface area contributed by atoms with Gasteiger partial charge >= 0.3 is 18.1 Å². The number of hydrogen-bond acceptors (Lipinski definition) is 7. The second-order valence-electron chi connectivity index (χ2n) is 11.3. The molecule has 17 heteroatoms. The van der Waals surface area contributed by atoms with Crippen molar-refractivity contribution in [3.8, 4) is 0 Å². The standard InChI is InChI=1S/C28H46Cl3N5O8.Fm/c1-15(2)19(12-11-18(7)37)33-23(38)20(10-8-9-13-32-27(43)44-14-28(29,30)31)34-24(39)21(16(3)4)35-26(42)36-22(17(5)6)25(40)41;/h11-12,15-17,19-22H,8-10,13-14H2,1-7H3,(H,32,43)(H,33,38)(H,34,39)(H,40,41)(H2,35,36,42);/b12-11+;/t19-,20+,21+,22+;/m1./s1. The van der Waals surface area contributed by atoms with Crippen molar-refractivity contribution in [2.24, 2.45) is 17.8 Å². The number of ketones is 1. The topological polar surface area (TPSA) is 192 Å². The van der Waals surface area contributed by atoms with Crippen LogP contribution in [0, 0.1) is 17.8 Å². The van der Waals surface area contributed by atoms with E-state index < -0.39 is 76.3 Å². The van der Waals surface area contributed by atoms with Gasteiger partial charge in [0.15, 0.2) is 5.78 Å². The summed E-state index contributed by atoms with van der Waals surface area (Å²) in [5.74, 6) is -3.49. The molecule has 0 bridgehead atoms. The molecule has 0 aliphatic heterocycles. The zero-order chi connectivity index (χ0) is 34.2. The summed E-state index contributed by atoms with van der Waals surface area (Å²) in [7, 11) is 0. The van der Waals surface area contributed by atoms with E-state index in [0.29, 0.717) is 12.8 Å². The molecule has 5 amide bonds. The number of halogens is 3. The fourth-order valence-corrected chi connectivity index (χ4v) is 3.87. The molecule has 0 unspecified atom stereocenters. The molecule has 0 heterocycles. The van der Waals surface area contributed by atoms with Crippen LogP contribution in [0.25, 0.3) is 0 Å². The molecule has 0 aromatic carbocycles. The van der Waals surface area contributed by atoms with E-state index in [0.717, 1.165) is 0 Å². The first-order valence-electron chi connectivity index (χ1n) is 14.3. The molecule has 0 spiro atoms. The molecule has 0 aromatic rings. The number of allylic oxidation sites excluding steroid dienone is 1. The summed E-state index contributed by atoms with van der Waals surface area (Å²) < 4.78 is 3.04. The van der Waals surface area contributed by atoms with Gasteiger partial charge in [0.25, 0.3) is 0 Å². The van der Waals surface area contributed by atoms with Gasteiger partial charge in [0.1, 0.15) is 24.7 Å². The number of urea groups is 1. The van der Waals surface area contributed by atoms with Gasteiger partial charge in [0.05, 0.1) is 0 Å². The number of carbonyl (C=O) groups excluding carboxylic acids is 5. The first-order valence-corrected chi connectivity index (χ1v) is 15.4. The number of carbonyl (C=O) groups is 6. The van der Waals surface area contributed by atoms with Gasteiger partial charge < -0.3 is 36.4 Å². The van der Waals surface area contributed by atoms with Crippen molar-refractivity contribution >= 4 is 70.5 Å². The Bertz CT molecular complexity index is 1020. The minimum absolute atomic E-state index is 0. The van der Waals surface area contributed by atoms with Gasteiger partial charge in [-0.15, -0.1) is 0 Å². The van der Waals surface area contributed by atoms with Gasteiger partial charge in [0.2, 0.25) is 15.6 Å². The molecule has 13 nitrogen and oxygen atoms in total. The summed E-state index contributed by atoms with van der Waals surface area (Å²) in [6, 6.07) is -4.66. The van der Waals surface area contributed by atoms with Crippen molar-refractivity contribution in [1.29, 1.82) is 0 Å². The van der Waals surface area contributed by atoms with Crippen LogP contribution in [-0.2, 0) is 23.9 Å². The van der Waals surface area contributed by atoms with E-state index in [1.165, 1.54) is 13.0 Å². The minimum atomic E-state index is -1.75. The van der Waals surface area contributed by atoms with Crippen LogP contribution in [0.15, 0.2) is 12.2 Å². The second kappa shape index (κ2) is 21.1. The molecular weight excluding hydrogens is 898 g/mol. The average molecular weight is 944 g/mol. The molecule has 6 N–H and O–H groups in total. The zero-order valence-corrected chi connectivity index (χ0v) is 31.1. The third kappa shape index (κ3) is 19.3. The Kier molecular flexibility index (Phi) is 20.3. The van der Waals surface area contributed by atoms with Gasteiger partial charge in [-0.2, -0.15) is 0 Å². The van der Waals surface area contributed by atoms with Crippen LogP contribution in [0.2, 0.25) is 0 Å². The van der Waals surface area contributed by atoms with E-state index in [4.69, 9.17) is 39.5 Å². The van der Waals surface area contributed by atoms with Crippen LogP contribution in [0.5, 0.6) is 0 Å². The average Bonchev–Trinajstić information content (AvgIpc) is 2.89. The summed E-state index contributed by atoms with van der Waals surface area (Å²) in [6.07, 6.45) is 3.09. The molecule has 0 fully saturated rings. The van der Waals surface area contributed by atoms with Gasteiger partial charge in [0, 0.05) is 12.6 Å². The van der Waals surface area contributed by atoms with Crippen molar-refractivity contribution in [3.63, 3.8) is 0 Å². The number of unbranched alkanes of at least 4 members (excludes halogenated alkanes) is 1. The van der Waals surface area contributed by atoms with Gasteiger partial charge in [-0.05, 0) is 50.0 Å². The molecule has 0 aliphatic rings. The van der Waals surface area contributed by atoms with E-state index in [9.17, 15) is 33.9 Å². The summed E-state index contributed by atoms with van der Waals surface area (Å²) in [5, 5.41) is 22.3. The number of alkyl halides is 3. The summed E-state index contributed by atoms with van der Waals surface area (Å²) in [5.41, 5.74) is 0. The smallest absolute Gasteiger partial charge is 0.407 e.